The van der Waals surface area contributed by atoms with Crippen LogP contribution in [0.15, 0.2) is 64.3 Å². The predicted octanol–water partition coefficient (Wildman–Crippen LogP) is 2.36. The minimum Gasteiger partial charge on any atom is -0.433 e. The number of hydrogen-bond donors (Lipinski definition) is 3. The van der Waals surface area contributed by atoms with Gasteiger partial charge in [0.25, 0.3) is 0 Å². The number of allylic oxidation sites excluding steroid dienone is 3. The molecule has 2 amide bonds. The van der Waals surface area contributed by atoms with Crippen molar-refractivity contribution in [3.8, 4) is 0 Å². The fourth-order valence-electron chi connectivity index (χ4n) is 3.59. The third-order valence-electron chi connectivity index (χ3n) is 5.14. The molecule has 1 unspecified atom stereocenters. The minimum atomic E-state index is -0.999. The number of carbonyl (C=O) groups is 3. The van der Waals surface area contributed by atoms with Crippen LogP contribution in [-0.2, 0) is 25.6 Å². The number of rotatable bonds is 9. The SMILES string of the molecule is C=CC1=C(SCCl)NCC(C(=O)NC2Cc3ccccc3N(C/C(N)=N\OC(=O)OCC)C2=O)=C1. The van der Waals surface area contributed by atoms with Gasteiger partial charge in [0.15, 0.2) is 5.84 Å². The van der Waals surface area contributed by atoms with Gasteiger partial charge in [-0.2, -0.15) is 0 Å². The number of ether oxygens (including phenoxy) is 1. The molecule has 0 aliphatic carbocycles. The Morgan fingerprint density at radius 1 is 1.43 bits per heavy atom. The summed E-state index contributed by atoms with van der Waals surface area (Å²) < 4.78 is 4.63. The van der Waals surface area contributed by atoms with Gasteiger partial charge in [-0.3, -0.25) is 14.4 Å². The monoisotopic (exact) mass is 519 g/mol. The number of hydrogen-bond acceptors (Lipinski definition) is 8. The number of amidine groups is 1. The Bertz CT molecular complexity index is 1100. The molecule has 1 aromatic carbocycles. The standard InChI is InChI=1S/C23H26ClN5O5S/c1-3-14-9-16(11-26-21(14)35-13-24)20(30)27-17-10-15-7-5-6-8-18(15)29(22(17)31)12-19(25)28-34-23(32)33-4-2/h3,5-9,17,26H,1,4,10-13H2,2H3,(H2,25,28)(H,27,30). The normalized spacial score (nSPS) is 17.7. The van der Waals surface area contributed by atoms with E-state index >= 15 is 0 Å². The largest absolute Gasteiger partial charge is 0.535 e. The second-order valence-electron chi connectivity index (χ2n) is 7.41. The number of oxime groups is 1. The maximum Gasteiger partial charge on any atom is 0.535 e. The van der Waals surface area contributed by atoms with Gasteiger partial charge in [-0.25, -0.2) is 4.79 Å². The van der Waals surface area contributed by atoms with Gasteiger partial charge in [0, 0.05) is 29.8 Å². The molecule has 12 heteroatoms. The molecule has 0 radical (unpaired) electrons. The van der Waals surface area contributed by atoms with Gasteiger partial charge in [0.2, 0.25) is 11.8 Å². The van der Waals surface area contributed by atoms with E-state index < -0.39 is 12.2 Å². The van der Waals surface area contributed by atoms with Crippen LogP contribution in [-0.4, -0.2) is 54.8 Å². The van der Waals surface area contributed by atoms with Gasteiger partial charge < -0.3 is 26.0 Å². The number of nitrogens with zero attached hydrogens (tertiary/aromatic N) is 2. The smallest absolute Gasteiger partial charge is 0.433 e. The third-order valence-corrected chi connectivity index (χ3v) is 6.24. The van der Waals surface area contributed by atoms with Crippen LogP contribution in [0.1, 0.15) is 12.5 Å². The van der Waals surface area contributed by atoms with E-state index in [1.807, 2.05) is 12.1 Å². The first-order valence-electron chi connectivity index (χ1n) is 10.7. The molecule has 2 aliphatic rings. The summed E-state index contributed by atoms with van der Waals surface area (Å²) in [6, 6.07) is 6.45. The first-order chi connectivity index (χ1) is 16.9. The molecule has 0 fully saturated rings. The molecule has 2 heterocycles. The molecular formula is C23H26ClN5O5S. The second kappa shape index (κ2) is 12.3. The van der Waals surface area contributed by atoms with Crippen LogP contribution in [0.2, 0.25) is 0 Å². The summed E-state index contributed by atoms with van der Waals surface area (Å²) >= 11 is 7.21. The van der Waals surface area contributed by atoms with E-state index in [1.165, 1.54) is 16.7 Å². The second-order valence-corrected chi connectivity index (χ2v) is 8.98. The molecule has 0 aromatic heterocycles. The summed E-state index contributed by atoms with van der Waals surface area (Å²) in [6.07, 6.45) is 2.68. The molecule has 0 saturated carbocycles. The molecule has 35 heavy (non-hydrogen) atoms. The number of dihydropyridines is 1. The molecule has 10 nitrogen and oxygen atoms in total. The number of thioether (sulfide) groups is 1. The van der Waals surface area contributed by atoms with Crippen LogP contribution < -0.4 is 21.3 Å². The quantitative estimate of drug-likeness (QED) is 0.113. The zero-order chi connectivity index (χ0) is 25.4. The van der Waals surface area contributed by atoms with Crippen molar-refractivity contribution in [3.63, 3.8) is 0 Å². The molecular weight excluding hydrogens is 494 g/mol. The first-order valence-corrected chi connectivity index (χ1v) is 12.3. The summed E-state index contributed by atoms with van der Waals surface area (Å²) in [6.45, 7) is 5.67. The molecule has 1 aromatic rings. The van der Waals surface area contributed by atoms with Crippen molar-refractivity contribution in [2.24, 2.45) is 10.9 Å². The van der Waals surface area contributed by atoms with Crippen molar-refractivity contribution in [2.45, 2.75) is 19.4 Å². The van der Waals surface area contributed by atoms with Crippen LogP contribution in [0.3, 0.4) is 0 Å². The zero-order valence-electron chi connectivity index (χ0n) is 19.1. The van der Waals surface area contributed by atoms with E-state index in [2.05, 4.69) is 31.9 Å². The molecule has 0 bridgehead atoms. The number of alkyl halides is 1. The Kier molecular flexibility index (Phi) is 9.21. The Labute approximate surface area is 212 Å². The number of carbonyl (C=O) groups excluding carboxylic acids is 3. The lowest BCUT2D eigenvalue weighted by Crippen LogP contribution is -2.55. The van der Waals surface area contributed by atoms with Crippen molar-refractivity contribution >= 4 is 52.9 Å². The van der Waals surface area contributed by atoms with E-state index in [-0.39, 0.29) is 37.3 Å². The van der Waals surface area contributed by atoms with Crippen LogP contribution in [0.4, 0.5) is 10.5 Å². The van der Waals surface area contributed by atoms with Gasteiger partial charge in [-0.15, -0.1) is 11.6 Å². The molecule has 4 N–H and O–H groups in total. The van der Waals surface area contributed by atoms with Crippen LogP contribution >= 0.6 is 23.4 Å². The summed E-state index contributed by atoms with van der Waals surface area (Å²) in [7, 11) is 0. The van der Waals surface area contributed by atoms with Crippen molar-refractivity contribution in [2.75, 3.05) is 29.8 Å². The van der Waals surface area contributed by atoms with Crippen molar-refractivity contribution in [3.05, 3.63) is 64.7 Å². The lowest BCUT2D eigenvalue weighted by Gasteiger charge is -2.34. The first kappa shape index (κ1) is 26.2. The number of para-hydroxylation sites is 1. The lowest BCUT2D eigenvalue weighted by molar-refractivity contribution is -0.125. The Hall–Kier alpha value is -3.44. The zero-order valence-corrected chi connectivity index (χ0v) is 20.7. The number of amides is 2. The number of fused-ring (bicyclic) bond motifs is 1. The van der Waals surface area contributed by atoms with E-state index in [9.17, 15) is 14.4 Å². The molecule has 186 valence electrons. The third kappa shape index (κ3) is 6.58. The molecule has 2 aliphatic heterocycles. The molecule has 0 spiro atoms. The minimum absolute atomic E-state index is 0.113. The van der Waals surface area contributed by atoms with Crippen LogP contribution in [0.5, 0.6) is 0 Å². The highest BCUT2D eigenvalue weighted by Gasteiger charge is 2.35. The van der Waals surface area contributed by atoms with Gasteiger partial charge in [-0.1, -0.05) is 47.8 Å². The van der Waals surface area contributed by atoms with Gasteiger partial charge in [0.1, 0.15) is 6.04 Å². The lowest BCUT2D eigenvalue weighted by atomic mass is 9.96. The summed E-state index contributed by atoms with van der Waals surface area (Å²) in [5.74, 6) is -0.859. The summed E-state index contributed by atoms with van der Waals surface area (Å²) in [4.78, 5) is 43.7. The molecule has 0 saturated heterocycles. The van der Waals surface area contributed by atoms with Crippen LogP contribution in [0, 0.1) is 0 Å². The number of benzene rings is 1. The van der Waals surface area contributed by atoms with E-state index in [0.717, 1.165) is 16.2 Å². The summed E-state index contributed by atoms with van der Waals surface area (Å²) in [5.41, 5.74) is 8.58. The van der Waals surface area contributed by atoms with E-state index in [1.54, 1.807) is 31.2 Å². The average Bonchev–Trinajstić information content (AvgIpc) is 2.85. The number of nitrogens with one attached hydrogen (secondary N) is 2. The van der Waals surface area contributed by atoms with E-state index in [0.29, 0.717) is 22.9 Å². The van der Waals surface area contributed by atoms with Crippen molar-refractivity contribution < 1.29 is 24.0 Å². The fourth-order valence-corrected chi connectivity index (χ4v) is 4.51. The topological polar surface area (TPSA) is 135 Å². The average molecular weight is 520 g/mol. The predicted molar refractivity (Wildman–Crippen MR) is 136 cm³/mol. The number of halogens is 1. The molecule has 3 rings (SSSR count). The van der Waals surface area contributed by atoms with Gasteiger partial charge in [-0.05, 0) is 24.6 Å². The number of nitrogens with two attached hydrogens (primary N) is 1. The highest BCUT2D eigenvalue weighted by molar-refractivity contribution is 8.04. The van der Waals surface area contributed by atoms with Crippen molar-refractivity contribution in [1.29, 1.82) is 0 Å². The maximum absolute atomic E-state index is 13.3. The van der Waals surface area contributed by atoms with Gasteiger partial charge >= 0.3 is 6.16 Å². The Morgan fingerprint density at radius 2 is 2.20 bits per heavy atom. The number of anilines is 1. The van der Waals surface area contributed by atoms with E-state index in [4.69, 9.17) is 17.3 Å². The Balaban J connectivity index is 1.78. The van der Waals surface area contributed by atoms with Crippen LogP contribution in [0.25, 0.3) is 0 Å². The van der Waals surface area contributed by atoms with Crippen molar-refractivity contribution in [1.82, 2.24) is 10.6 Å². The fraction of sp³-hybridized carbons (Fsp3) is 0.304. The Morgan fingerprint density at radius 3 is 2.91 bits per heavy atom. The maximum atomic E-state index is 13.3. The highest BCUT2D eigenvalue weighted by Crippen LogP contribution is 2.28. The summed E-state index contributed by atoms with van der Waals surface area (Å²) in [5, 5.41) is 10.7. The van der Waals surface area contributed by atoms with Gasteiger partial charge in [0.05, 0.1) is 23.4 Å². The highest BCUT2D eigenvalue weighted by atomic mass is 35.5. The molecule has 1 atom stereocenters.